The molecule has 0 saturated carbocycles. The molecule has 7 rings (SSSR count). The zero-order chi connectivity index (χ0) is 55.9. The number of alkyl halides is 3. The summed E-state index contributed by atoms with van der Waals surface area (Å²) in [4.78, 5) is 142. The van der Waals surface area contributed by atoms with Crippen LogP contribution in [-0.2, 0) is 77.0 Å². The average Bonchev–Trinajstić information content (AvgIpc) is 3.93. The molecule has 76 heavy (non-hydrogen) atoms. The summed E-state index contributed by atoms with van der Waals surface area (Å²) < 4.78 is 71.2. The van der Waals surface area contributed by atoms with Gasteiger partial charge in [0, 0.05) is 36.2 Å². The molecule has 4 aliphatic rings. The van der Waals surface area contributed by atoms with Crippen molar-refractivity contribution in [3.05, 3.63) is 73.8 Å². The number of amides is 8. The third-order valence-corrected chi connectivity index (χ3v) is 14.3. The number of pyridine rings is 2. The quantitative estimate of drug-likeness (QED) is 0.0185. The van der Waals surface area contributed by atoms with Crippen molar-refractivity contribution in [2.75, 3.05) is 53.5 Å². The summed E-state index contributed by atoms with van der Waals surface area (Å²) >= 11 is 0.376. The molecule has 4 unspecified atom stereocenters. The molecule has 3 radical (unpaired) electrons. The van der Waals surface area contributed by atoms with E-state index in [0.29, 0.717) is 76.0 Å². The predicted octanol–water partition coefficient (Wildman–Crippen LogP) is -1.47. The smallest absolute Gasteiger partial charge is 0.480 e. The van der Waals surface area contributed by atoms with E-state index in [1.54, 1.807) is 27.0 Å². The average molecular weight is 1260 g/mol. The standard InChI is InChI=1S/C44H44F4N9O12.C3H7NO2.Pb/c1-5-21-23-10-29-38-24(15-56(29)41(65)25(23)17-68-43(21)67)37-28(7-6-22-19(2)26(45)11-27(54-38)36(22)37)55(4)42(66)39(44(46,47)48)69-18-52-31(59)13-51-40(64)20(3)53-32(60)14-49-30(58)12-50-33(61)16-57-34(62)8-9-35(57)63;1-4-2-3(5)6;/h8-11,20-21,28,39H,3,5-7,12-18H2,1-2,4H3,(H,49,58)(H,50,61)(H,51,64)(H,52,59)(H,53,60);4H,2H2,1H3,(H,5,6);. The van der Waals surface area contributed by atoms with Crippen molar-refractivity contribution < 1.29 is 80.1 Å². The number of fused-ring (bicyclic) bond motifs is 5. The fourth-order valence-electron chi connectivity index (χ4n) is 8.95. The Kier molecular flexibility index (Phi) is 18.8. The van der Waals surface area contributed by atoms with Gasteiger partial charge >= 0.3 is 211 Å². The van der Waals surface area contributed by atoms with Crippen LogP contribution in [0.3, 0.4) is 0 Å². The van der Waals surface area contributed by atoms with Gasteiger partial charge in [-0.3, -0.25) is 24.0 Å². The second-order valence-corrected chi connectivity index (χ2v) is 19.2. The van der Waals surface area contributed by atoms with E-state index < -0.39 is 134 Å². The molecule has 0 fully saturated rings. The number of nitrogens with zero attached hydrogens (tertiary/aromatic N) is 4. The Hall–Kier alpha value is -7.22. The summed E-state index contributed by atoms with van der Waals surface area (Å²) in [6.45, 7) is -0.721. The number of aryl methyl sites for hydroxylation is 1. The second kappa shape index (κ2) is 24.6. The Bertz CT molecular complexity index is 2990. The number of ether oxygens (including phenoxy) is 2. The zero-order valence-corrected chi connectivity index (χ0v) is 45.0. The van der Waals surface area contributed by atoms with E-state index >= 15 is 4.39 Å². The number of carboxylic acids is 1. The SMILES string of the molecule is CCC1C(=O)OCc2c1cc1n(c2=O)Cc2c-1nc1cc(F)c(C)c3c1c2C(N(C)C(=O)C(OCNC(=O)CNC(=O)C([CH2][Pb])NC(=O)CNC(=O)CNC(=O)CN1C(=O)C=CC1=O)C(F)(F)F)CC3.CNCC(=O)O. The number of aliphatic carboxylic acids is 1. The first-order valence-corrected chi connectivity index (χ1v) is 26.1. The Morgan fingerprint density at radius 3 is 2.18 bits per heavy atom. The summed E-state index contributed by atoms with van der Waals surface area (Å²) in [5, 5.41) is 21.8. The topological polar surface area (TPSA) is 323 Å². The van der Waals surface area contributed by atoms with Gasteiger partial charge < -0.3 is 19.7 Å². The van der Waals surface area contributed by atoms with Gasteiger partial charge in [0.1, 0.15) is 12.4 Å². The van der Waals surface area contributed by atoms with E-state index in [1.165, 1.54) is 10.6 Å². The Labute approximate surface area is 444 Å². The molecule has 405 valence electrons. The third kappa shape index (κ3) is 12.9. The van der Waals surface area contributed by atoms with Crippen molar-refractivity contribution in [2.24, 2.45) is 0 Å². The van der Waals surface area contributed by atoms with E-state index in [1.807, 2.05) is 0 Å². The van der Waals surface area contributed by atoms with Crippen LogP contribution in [0, 0.1) is 12.7 Å². The van der Waals surface area contributed by atoms with E-state index in [2.05, 4.69) is 31.9 Å². The molecule has 1 aliphatic carbocycles. The van der Waals surface area contributed by atoms with Gasteiger partial charge in [0.05, 0.1) is 47.5 Å². The minimum Gasteiger partial charge on any atom is -0.480 e. The van der Waals surface area contributed by atoms with Crippen LogP contribution in [0.15, 0.2) is 29.1 Å². The third-order valence-electron chi connectivity index (χ3n) is 12.7. The van der Waals surface area contributed by atoms with Gasteiger partial charge in [0.15, 0.2) is 0 Å². The molecule has 4 atom stereocenters. The molecule has 29 heteroatoms. The Morgan fingerprint density at radius 1 is 0.921 bits per heavy atom. The summed E-state index contributed by atoms with van der Waals surface area (Å²) in [5.74, 6) is -9.85. The van der Waals surface area contributed by atoms with Crippen molar-refractivity contribution in [1.29, 1.82) is 0 Å². The van der Waals surface area contributed by atoms with E-state index in [0.717, 1.165) is 24.1 Å². The van der Waals surface area contributed by atoms with Crippen LogP contribution in [-0.4, -0.2) is 181 Å². The number of carboxylic acid groups (broad SMARTS) is 1. The molecule has 2 aromatic heterocycles. The van der Waals surface area contributed by atoms with Gasteiger partial charge in [-0.05, 0) is 61.6 Å². The minimum absolute atomic E-state index is 0.0417. The molecule has 3 aromatic rings. The number of cyclic esters (lactones) is 1. The first kappa shape index (κ1) is 58.1. The number of carbonyl (C=O) groups is 10. The minimum atomic E-state index is -5.29. The number of hydrogen-bond donors (Lipinski definition) is 7. The van der Waals surface area contributed by atoms with Crippen molar-refractivity contribution in [3.63, 3.8) is 0 Å². The van der Waals surface area contributed by atoms with Gasteiger partial charge in [-0.25, -0.2) is 9.37 Å². The molecule has 0 bridgehead atoms. The number of rotatable bonds is 19. The molecule has 0 saturated heterocycles. The van der Waals surface area contributed by atoms with Crippen LogP contribution in [0.2, 0.25) is 3.98 Å². The monoisotopic (exact) mass is 1260 g/mol. The number of benzene rings is 1. The van der Waals surface area contributed by atoms with E-state index in [-0.39, 0.29) is 53.3 Å². The maximum atomic E-state index is 15.4. The Morgan fingerprint density at radius 2 is 1.57 bits per heavy atom. The molecule has 24 nitrogen and oxygen atoms in total. The molecule has 0 spiro atoms. The molecule has 3 aliphatic heterocycles. The van der Waals surface area contributed by atoms with Crippen molar-refractivity contribution >= 4 is 95.9 Å². The van der Waals surface area contributed by atoms with E-state index in [4.69, 9.17) is 19.6 Å². The van der Waals surface area contributed by atoms with Crippen LogP contribution in [0.1, 0.15) is 65.1 Å². The van der Waals surface area contributed by atoms with Gasteiger partial charge in [-0.15, -0.1) is 0 Å². The first-order chi connectivity index (χ1) is 35.9. The normalized spacial score (nSPS) is 16.8. The van der Waals surface area contributed by atoms with Crippen LogP contribution in [0.25, 0.3) is 22.3 Å². The molecule has 7 N–H and O–H groups in total. The number of hydrogen-bond acceptors (Lipinski definition) is 15. The fraction of sp³-hybridized carbons (Fsp3) is 0.447. The van der Waals surface area contributed by atoms with Crippen molar-refractivity contribution in [2.45, 2.75) is 80.5 Å². The summed E-state index contributed by atoms with van der Waals surface area (Å²) in [5.41, 5.74) is 2.69. The maximum absolute atomic E-state index is 15.4. The fourth-order valence-corrected chi connectivity index (χ4v) is 10.1. The number of esters is 1. The molecule has 8 amide bonds. The van der Waals surface area contributed by atoms with Crippen molar-refractivity contribution in [3.8, 4) is 11.4 Å². The molecular formula is C47H51F4N10O14Pb. The van der Waals surface area contributed by atoms with Crippen LogP contribution < -0.4 is 37.5 Å². The number of likely N-dealkylation sites (N-methyl/N-ethyl adjacent to an activating group) is 2. The predicted molar refractivity (Wildman–Crippen MR) is 255 cm³/mol. The summed E-state index contributed by atoms with van der Waals surface area (Å²) in [7, 11) is 2.75. The molecule has 5 heterocycles. The van der Waals surface area contributed by atoms with E-state index in [9.17, 15) is 65.9 Å². The zero-order valence-electron chi connectivity index (χ0n) is 41.2. The van der Waals surface area contributed by atoms with Crippen LogP contribution >= 0.6 is 0 Å². The number of aromatic nitrogens is 2. The van der Waals surface area contributed by atoms with Crippen LogP contribution in [0.4, 0.5) is 17.6 Å². The van der Waals surface area contributed by atoms with Gasteiger partial charge in [-0.1, -0.05) is 6.92 Å². The number of halogens is 4. The summed E-state index contributed by atoms with van der Waals surface area (Å²) in [6.07, 6.45) is -5.87. The number of nitrogens with one attached hydrogen (secondary N) is 6. The van der Waals surface area contributed by atoms with Crippen LogP contribution in [0.5, 0.6) is 0 Å². The van der Waals surface area contributed by atoms with Gasteiger partial charge in [0.2, 0.25) is 0 Å². The molecule has 1 aromatic carbocycles. The van der Waals surface area contributed by atoms with Crippen molar-refractivity contribution in [1.82, 2.24) is 51.3 Å². The Balaban J connectivity index is 0.00000147. The van der Waals surface area contributed by atoms with Gasteiger partial charge in [0.25, 0.3) is 17.4 Å². The number of imide groups is 1. The molecular weight excluding hydrogens is 1210 g/mol. The first-order valence-electron chi connectivity index (χ1n) is 23.4. The summed E-state index contributed by atoms with van der Waals surface area (Å²) in [6, 6.07) is 0.644. The number of carbonyl (C=O) groups excluding carboxylic acids is 9. The second-order valence-electron chi connectivity index (χ2n) is 17.6. The van der Waals surface area contributed by atoms with Gasteiger partial charge in [-0.2, -0.15) is 0 Å².